The second-order valence-corrected chi connectivity index (χ2v) is 4.20. The molecule has 2 N–H and O–H groups in total. The highest BCUT2D eigenvalue weighted by atomic mass is 32.2. The lowest BCUT2D eigenvalue weighted by Crippen LogP contribution is -2.02. The van der Waals surface area contributed by atoms with Crippen LogP contribution in [0.3, 0.4) is 0 Å². The first-order valence-electron chi connectivity index (χ1n) is 5.34. The van der Waals surface area contributed by atoms with Crippen molar-refractivity contribution < 1.29 is 4.74 Å². The highest BCUT2D eigenvalue weighted by Crippen LogP contribution is 2.26. The average molecular weight is 225 g/mol. The molecule has 0 amide bonds. The maximum Gasteiger partial charge on any atom is 0.132 e. The van der Waals surface area contributed by atoms with Crippen LogP contribution in [0.2, 0.25) is 0 Å². The van der Waals surface area contributed by atoms with Crippen molar-refractivity contribution in [1.82, 2.24) is 0 Å². The Morgan fingerprint density at radius 2 is 2.00 bits per heavy atom. The number of thioether (sulfide) groups is 1. The van der Waals surface area contributed by atoms with E-state index in [0.29, 0.717) is 0 Å². The largest absolute Gasteiger partial charge is 0.492 e. The minimum Gasteiger partial charge on any atom is -0.492 e. The lowest BCUT2D eigenvalue weighted by molar-refractivity contribution is 0.299. The summed E-state index contributed by atoms with van der Waals surface area (Å²) in [7, 11) is 0. The number of benzene rings is 1. The van der Waals surface area contributed by atoms with Crippen LogP contribution in [0.4, 0.5) is 0 Å². The molecule has 1 rings (SSSR count). The number of unbranched alkanes of at least 4 members (excludes halogenated alkanes) is 2. The summed E-state index contributed by atoms with van der Waals surface area (Å²) in [6, 6.07) is 8.15. The van der Waals surface area contributed by atoms with Crippen molar-refractivity contribution in [2.75, 3.05) is 19.4 Å². The van der Waals surface area contributed by atoms with E-state index in [-0.39, 0.29) is 0 Å². The van der Waals surface area contributed by atoms with Crippen molar-refractivity contribution in [3.8, 4) is 5.75 Å². The van der Waals surface area contributed by atoms with Crippen molar-refractivity contribution in [2.45, 2.75) is 24.2 Å². The van der Waals surface area contributed by atoms with Gasteiger partial charge in [0.25, 0.3) is 0 Å². The van der Waals surface area contributed by atoms with Crippen molar-refractivity contribution in [2.24, 2.45) is 5.73 Å². The summed E-state index contributed by atoms with van der Waals surface area (Å²) in [4.78, 5) is 1.20. The summed E-state index contributed by atoms with van der Waals surface area (Å²) in [6.45, 7) is 1.57. The van der Waals surface area contributed by atoms with Gasteiger partial charge in [0, 0.05) is 4.90 Å². The van der Waals surface area contributed by atoms with E-state index in [1.54, 1.807) is 11.8 Å². The summed E-state index contributed by atoms with van der Waals surface area (Å²) in [6.07, 6.45) is 5.39. The van der Waals surface area contributed by atoms with Gasteiger partial charge in [0.15, 0.2) is 0 Å². The second kappa shape index (κ2) is 7.60. The van der Waals surface area contributed by atoms with Crippen LogP contribution in [0.25, 0.3) is 0 Å². The lowest BCUT2D eigenvalue weighted by Gasteiger charge is -2.09. The normalized spacial score (nSPS) is 10.3. The van der Waals surface area contributed by atoms with Gasteiger partial charge in [0.1, 0.15) is 5.75 Å². The van der Waals surface area contributed by atoms with Gasteiger partial charge in [-0.1, -0.05) is 12.1 Å². The third-order valence-electron chi connectivity index (χ3n) is 2.18. The van der Waals surface area contributed by atoms with Crippen LogP contribution in [-0.4, -0.2) is 19.4 Å². The fourth-order valence-corrected chi connectivity index (χ4v) is 1.89. The highest BCUT2D eigenvalue weighted by molar-refractivity contribution is 7.98. The Morgan fingerprint density at radius 3 is 2.73 bits per heavy atom. The van der Waals surface area contributed by atoms with E-state index in [1.165, 1.54) is 4.90 Å². The van der Waals surface area contributed by atoms with Crippen LogP contribution in [0, 0.1) is 0 Å². The Bertz CT molecular complexity index is 278. The van der Waals surface area contributed by atoms with E-state index in [4.69, 9.17) is 10.5 Å². The number of ether oxygens (including phenoxy) is 1. The molecule has 0 aliphatic rings. The van der Waals surface area contributed by atoms with Crippen LogP contribution in [0.1, 0.15) is 19.3 Å². The van der Waals surface area contributed by atoms with Gasteiger partial charge in [-0.2, -0.15) is 0 Å². The first-order chi connectivity index (χ1) is 7.38. The van der Waals surface area contributed by atoms with Gasteiger partial charge in [0.05, 0.1) is 6.61 Å². The summed E-state index contributed by atoms with van der Waals surface area (Å²) in [5, 5.41) is 0. The number of nitrogens with two attached hydrogens (primary N) is 1. The predicted octanol–water partition coefficient (Wildman–Crippen LogP) is 2.92. The van der Waals surface area contributed by atoms with Crippen LogP contribution < -0.4 is 10.5 Å². The lowest BCUT2D eigenvalue weighted by atomic mass is 10.2. The maximum absolute atomic E-state index is 5.71. The van der Waals surface area contributed by atoms with Crippen LogP contribution in [0.15, 0.2) is 29.2 Å². The molecule has 0 radical (unpaired) electrons. The molecule has 84 valence electrons. The molecular formula is C12H19NOS. The molecule has 15 heavy (non-hydrogen) atoms. The van der Waals surface area contributed by atoms with Gasteiger partial charge in [-0.05, 0) is 44.2 Å². The van der Waals surface area contributed by atoms with E-state index in [0.717, 1.165) is 38.2 Å². The molecule has 0 fully saturated rings. The Kier molecular flexibility index (Phi) is 6.28. The third kappa shape index (κ3) is 4.58. The molecular weight excluding hydrogens is 206 g/mol. The molecule has 0 spiro atoms. The monoisotopic (exact) mass is 225 g/mol. The van der Waals surface area contributed by atoms with Crippen LogP contribution in [0.5, 0.6) is 5.75 Å². The molecule has 0 aliphatic heterocycles. The van der Waals surface area contributed by atoms with Crippen LogP contribution >= 0.6 is 11.8 Å². The Balaban J connectivity index is 2.30. The summed E-state index contributed by atoms with van der Waals surface area (Å²) >= 11 is 1.72. The number of para-hydroxylation sites is 1. The van der Waals surface area contributed by atoms with Gasteiger partial charge in [0.2, 0.25) is 0 Å². The van der Waals surface area contributed by atoms with E-state index in [1.807, 2.05) is 18.2 Å². The highest BCUT2D eigenvalue weighted by Gasteiger charge is 2.00. The molecule has 0 bridgehead atoms. The van der Waals surface area contributed by atoms with E-state index in [2.05, 4.69) is 12.3 Å². The molecule has 0 saturated carbocycles. The number of hydrogen-bond donors (Lipinski definition) is 1. The molecule has 0 aromatic heterocycles. The minimum absolute atomic E-state index is 0.779. The first kappa shape index (κ1) is 12.4. The van der Waals surface area contributed by atoms with Gasteiger partial charge in [-0.25, -0.2) is 0 Å². The molecule has 0 atom stereocenters. The Hall–Kier alpha value is -0.670. The summed E-state index contributed by atoms with van der Waals surface area (Å²) < 4.78 is 5.71. The van der Waals surface area contributed by atoms with Gasteiger partial charge < -0.3 is 10.5 Å². The zero-order valence-electron chi connectivity index (χ0n) is 9.24. The predicted molar refractivity (Wildman–Crippen MR) is 66.6 cm³/mol. The van der Waals surface area contributed by atoms with Gasteiger partial charge in [-0.3, -0.25) is 0 Å². The number of hydrogen-bond acceptors (Lipinski definition) is 3. The zero-order valence-corrected chi connectivity index (χ0v) is 10.1. The van der Waals surface area contributed by atoms with Crippen molar-refractivity contribution in [3.63, 3.8) is 0 Å². The van der Waals surface area contributed by atoms with Crippen molar-refractivity contribution in [1.29, 1.82) is 0 Å². The topological polar surface area (TPSA) is 35.2 Å². The third-order valence-corrected chi connectivity index (χ3v) is 2.95. The van der Waals surface area contributed by atoms with Crippen LogP contribution in [-0.2, 0) is 0 Å². The smallest absolute Gasteiger partial charge is 0.132 e. The van der Waals surface area contributed by atoms with Gasteiger partial charge >= 0.3 is 0 Å². The summed E-state index contributed by atoms with van der Waals surface area (Å²) in [5.74, 6) is 0.998. The Labute approximate surface area is 96.2 Å². The summed E-state index contributed by atoms with van der Waals surface area (Å²) in [5.41, 5.74) is 5.42. The molecule has 0 unspecified atom stereocenters. The first-order valence-corrected chi connectivity index (χ1v) is 6.57. The SMILES string of the molecule is CSc1ccccc1OCCCCCN. The average Bonchev–Trinajstić information content (AvgIpc) is 2.29. The molecule has 0 aliphatic carbocycles. The standard InChI is InChI=1S/C12H19NOS/c1-15-12-8-4-3-7-11(12)14-10-6-2-5-9-13/h3-4,7-8H,2,5-6,9-10,13H2,1H3. The maximum atomic E-state index is 5.71. The van der Waals surface area contributed by atoms with Crippen molar-refractivity contribution >= 4 is 11.8 Å². The molecule has 1 aromatic carbocycles. The molecule has 1 aromatic rings. The number of rotatable bonds is 7. The van der Waals surface area contributed by atoms with E-state index < -0.39 is 0 Å². The fourth-order valence-electron chi connectivity index (χ4n) is 1.34. The Morgan fingerprint density at radius 1 is 1.20 bits per heavy atom. The fraction of sp³-hybridized carbons (Fsp3) is 0.500. The van der Waals surface area contributed by atoms with E-state index in [9.17, 15) is 0 Å². The molecule has 3 heteroatoms. The second-order valence-electron chi connectivity index (χ2n) is 3.35. The van der Waals surface area contributed by atoms with Crippen molar-refractivity contribution in [3.05, 3.63) is 24.3 Å². The van der Waals surface area contributed by atoms with Gasteiger partial charge in [-0.15, -0.1) is 11.8 Å². The molecule has 2 nitrogen and oxygen atoms in total. The van der Waals surface area contributed by atoms with E-state index >= 15 is 0 Å². The minimum atomic E-state index is 0.779. The molecule has 0 heterocycles. The molecule has 0 saturated heterocycles. The quantitative estimate of drug-likeness (QED) is 0.572. The zero-order chi connectivity index (χ0) is 10.9.